The van der Waals surface area contributed by atoms with Gasteiger partial charge in [-0.1, -0.05) is 13.2 Å². The molecule has 0 bridgehead atoms. The highest BCUT2D eigenvalue weighted by atomic mass is 32.3. The van der Waals surface area contributed by atoms with Crippen LogP contribution in [0.2, 0.25) is 0 Å². The van der Waals surface area contributed by atoms with Crippen molar-refractivity contribution in [3.8, 4) is 0 Å². The average Bonchev–Trinajstić information content (AvgIpc) is 2.30. The molecule has 1 N–H and O–H groups in total. The average molecular weight is 330 g/mol. The lowest BCUT2D eigenvalue weighted by molar-refractivity contribution is -0.896. The Bertz CT molecular complexity index is 378. The number of hydrogen-bond acceptors (Lipinski definition) is 5. The molecule has 0 unspecified atom stereocenters. The van der Waals surface area contributed by atoms with Gasteiger partial charge in [0.1, 0.15) is 0 Å². The number of nitrogens with zero attached hydrogens (tertiary/aromatic N) is 1. The van der Waals surface area contributed by atoms with Gasteiger partial charge in [0.05, 0.1) is 33.3 Å². The molecule has 0 atom stereocenters. The van der Waals surface area contributed by atoms with Crippen LogP contribution in [0.5, 0.6) is 0 Å². The van der Waals surface area contributed by atoms with Crippen molar-refractivity contribution in [2.24, 2.45) is 0 Å². The third-order valence-corrected chi connectivity index (χ3v) is 2.70. The minimum absolute atomic E-state index is 0.0289. The first kappa shape index (κ1) is 24.2. The Morgan fingerprint density at radius 3 is 1.65 bits per heavy atom. The fourth-order valence-electron chi connectivity index (χ4n) is 1.11. The van der Waals surface area contributed by atoms with Gasteiger partial charge in [-0.25, -0.2) is 4.18 Å². The van der Waals surface area contributed by atoms with Crippen LogP contribution in [0.15, 0.2) is 25.3 Å². The Hall–Kier alpha value is -0.870. The molecule has 0 aliphatic heterocycles. The summed E-state index contributed by atoms with van der Waals surface area (Å²) in [6.45, 7) is 14.3. The lowest BCUT2D eigenvalue weighted by atomic mass is 10.3. The van der Waals surface area contributed by atoms with Gasteiger partial charge in [0.15, 0.2) is 0 Å². The van der Waals surface area contributed by atoms with Crippen LogP contribution in [0.3, 0.4) is 0 Å². The highest BCUT2D eigenvalue weighted by Gasteiger charge is 2.13. The van der Waals surface area contributed by atoms with E-state index in [4.69, 9.17) is 13.0 Å². The molecule has 0 aromatic heterocycles. The Morgan fingerprint density at radius 1 is 1.20 bits per heavy atom. The first-order valence-electron chi connectivity index (χ1n) is 5.75. The number of rotatable bonds is 7. The van der Waals surface area contributed by atoms with Crippen LogP contribution in [-0.4, -0.2) is 59.2 Å². The van der Waals surface area contributed by atoms with Crippen molar-refractivity contribution < 1.29 is 30.1 Å². The van der Waals surface area contributed by atoms with Crippen LogP contribution in [0.4, 0.5) is 0 Å². The molecule has 0 aliphatic carbocycles. The minimum atomic E-state index is -4.17. The fourth-order valence-corrected chi connectivity index (χ4v) is 1.40. The second-order valence-electron chi connectivity index (χ2n) is 3.78. The first-order chi connectivity index (χ1) is 9.16. The number of likely N-dealkylation sites (N-methyl/N-ethyl adjacent to an activating group) is 1. The molecule has 0 heterocycles. The van der Waals surface area contributed by atoms with Crippen LogP contribution in [-0.2, 0) is 26.2 Å². The Balaban J connectivity index is -0.000000251. The third kappa shape index (κ3) is 22.3. The molecule has 0 rings (SSSR count). The van der Waals surface area contributed by atoms with Gasteiger partial charge in [-0.05, 0) is 26.0 Å². The summed E-state index contributed by atoms with van der Waals surface area (Å²) in [5, 5.41) is 0. The smallest absolute Gasteiger partial charge is 0.320 e. The molecule has 0 saturated heterocycles. The third-order valence-electron chi connectivity index (χ3n) is 2.17. The molecule has 120 valence electrons. The van der Waals surface area contributed by atoms with E-state index in [2.05, 4.69) is 31.3 Å². The highest BCUT2D eigenvalue weighted by molar-refractivity contribution is 7.80. The minimum Gasteiger partial charge on any atom is -0.320 e. The summed E-state index contributed by atoms with van der Waals surface area (Å²) in [7, 11) is -1.96. The Morgan fingerprint density at radius 2 is 1.55 bits per heavy atom. The van der Waals surface area contributed by atoms with Crippen molar-refractivity contribution in [3.05, 3.63) is 25.3 Å². The van der Waals surface area contributed by atoms with E-state index >= 15 is 0 Å². The monoisotopic (exact) mass is 330 g/mol. The predicted molar refractivity (Wildman–Crippen MR) is 78.9 cm³/mol. The molecular formula is C11H24NO6S2+. The lowest BCUT2D eigenvalue weighted by Gasteiger charge is -2.30. The SMILES string of the molecule is C=CC[N+](C)(CC)CC=C.CCOS(=O)(=O)O.O=S=O. The second kappa shape index (κ2) is 14.5. The van der Waals surface area contributed by atoms with Crippen LogP contribution >= 0.6 is 0 Å². The van der Waals surface area contributed by atoms with E-state index in [0.717, 1.165) is 24.1 Å². The summed E-state index contributed by atoms with van der Waals surface area (Å²) in [5.74, 6) is 0. The van der Waals surface area contributed by atoms with Crippen LogP contribution in [0.1, 0.15) is 13.8 Å². The Labute approximate surface area is 125 Å². The lowest BCUT2D eigenvalue weighted by Crippen LogP contribution is -2.43. The van der Waals surface area contributed by atoms with Gasteiger partial charge in [0.25, 0.3) is 0 Å². The standard InChI is InChI=1S/C9H18N.C2H6O4S.O2S/c1-5-8-10(4,7-3)9-6-2;1-2-6-7(3,4)5;1-3-2/h5-6H,1-2,7-9H2,3-4H3;2H2,1H3,(H,3,4,5);/q+1;;. The normalized spacial score (nSPS) is 10.2. The summed E-state index contributed by atoms with van der Waals surface area (Å²) in [6, 6.07) is 0. The maximum atomic E-state index is 9.56. The van der Waals surface area contributed by atoms with E-state index < -0.39 is 22.0 Å². The van der Waals surface area contributed by atoms with Crippen molar-refractivity contribution in [1.29, 1.82) is 0 Å². The van der Waals surface area contributed by atoms with Crippen molar-refractivity contribution in [1.82, 2.24) is 0 Å². The van der Waals surface area contributed by atoms with Gasteiger partial charge >= 0.3 is 22.0 Å². The van der Waals surface area contributed by atoms with E-state index in [1.54, 1.807) is 0 Å². The van der Waals surface area contributed by atoms with Gasteiger partial charge in [-0.2, -0.15) is 16.8 Å². The zero-order valence-corrected chi connectivity index (χ0v) is 13.8. The molecule has 0 spiro atoms. The van der Waals surface area contributed by atoms with Crippen molar-refractivity contribution in [2.75, 3.05) is 33.3 Å². The van der Waals surface area contributed by atoms with Crippen molar-refractivity contribution >= 4 is 22.0 Å². The quantitative estimate of drug-likeness (QED) is 0.424. The van der Waals surface area contributed by atoms with E-state index in [1.165, 1.54) is 6.92 Å². The van der Waals surface area contributed by atoms with Crippen molar-refractivity contribution in [3.63, 3.8) is 0 Å². The molecular weight excluding hydrogens is 306 g/mol. The summed E-state index contributed by atoms with van der Waals surface area (Å²) >= 11 is -0.750. The molecule has 20 heavy (non-hydrogen) atoms. The van der Waals surface area contributed by atoms with Gasteiger partial charge in [-0.15, -0.1) is 0 Å². The summed E-state index contributed by atoms with van der Waals surface area (Å²) in [5.41, 5.74) is 0. The largest absolute Gasteiger partial charge is 0.397 e. The first-order valence-corrected chi connectivity index (χ1v) is 7.78. The van der Waals surface area contributed by atoms with Gasteiger partial charge in [-0.3, -0.25) is 4.55 Å². The van der Waals surface area contributed by atoms with Gasteiger partial charge in [0.2, 0.25) is 0 Å². The zero-order valence-electron chi connectivity index (χ0n) is 12.1. The topological polar surface area (TPSA) is 97.7 Å². The molecule has 0 aromatic rings. The maximum absolute atomic E-state index is 9.56. The van der Waals surface area contributed by atoms with Crippen LogP contribution in [0.25, 0.3) is 0 Å². The maximum Gasteiger partial charge on any atom is 0.397 e. The summed E-state index contributed by atoms with van der Waals surface area (Å²) in [6.07, 6.45) is 3.93. The predicted octanol–water partition coefficient (Wildman–Crippen LogP) is 0.980. The van der Waals surface area contributed by atoms with E-state index in [0.29, 0.717) is 0 Å². The van der Waals surface area contributed by atoms with Crippen LogP contribution < -0.4 is 0 Å². The molecule has 0 aliphatic rings. The zero-order chi connectivity index (χ0) is 16.7. The molecule has 0 aromatic carbocycles. The molecule has 0 radical (unpaired) electrons. The molecule has 0 amide bonds. The van der Waals surface area contributed by atoms with E-state index in [9.17, 15) is 8.42 Å². The fraction of sp³-hybridized carbons (Fsp3) is 0.636. The van der Waals surface area contributed by atoms with Gasteiger partial charge < -0.3 is 4.48 Å². The van der Waals surface area contributed by atoms with E-state index in [-0.39, 0.29) is 6.61 Å². The molecule has 7 nitrogen and oxygen atoms in total. The van der Waals surface area contributed by atoms with Gasteiger partial charge in [0, 0.05) is 0 Å². The number of quaternary nitrogens is 1. The molecule has 0 fully saturated rings. The van der Waals surface area contributed by atoms with Crippen LogP contribution in [0, 0.1) is 0 Å². The summed E-state index contributed by atoms with van der Waals surface area (Å²) < 4.78 is 48.3. The second-order valence-corrected chi connectivity index (χ2v) is 5.01. The molecule has 9 heteroatoms. The molecule has 0 saturated carbocycles. The van der Waals surface area contributed by atoms with Crippen molar-refractivity contribution in [2.45, 2.75) is 13.8 Å². The van der Waals surface area contributed by atoms with E-state index in [1.807, 2.05) is 12.2 Å². The highest BCUT2D eigenvalue weighted by Crippen LogP contribution is 2.00. The summed E-state index contributed by atoms with van der Waals surface area (Å²) in [4.78, 5) is 0. The Kier molecular flexibility index (Phi) is 17.6. The number of hydrogen-bond donors (Lipinski definition) is 1.